The third-order valence-corrected chi connectivity index (χ3v) is 3.67. The van der Waals surface area contributed by atoms with Crippen LogP contribution in [0.2, 0.25) is 5.02 Å². The van der Waals surface area contributed by atoms with Crippen LogP contribution in [0.15, 0.2) is 42.5 Å². The monoisotopic (exact) mass is 377 g/mol. The van der Waals surface area contributed by atoms with Gasteiger partial charge in [-0.3, -0.25) is 14.4 Å². The first kappa shape index (κ1) is 19.4. The number of halogens is 2. The van der Waals surface area contributed by atoms with E-state index in [1.807, 2.05) is 0 Å². The van der Waals surface area contributed by atoms with E-state index in [0.717, 1.165) is 6.07 Å². The number of hydrogen-bond acceptors (Lipinski definition) is 3. The minimum Gasteiger partial charge on any atom is -0.326 e. The van der Waals surface area contributed by atoms with E-state index in [4.69, 9.17) is 11.6 Å². The van der Waals surface area contributed by atoms with Crippen LogP contribution in [-0.4, -0.2) is 24.3 Å². The summed E-state index contributed by atoms with van der Waals surface area (Å²) in [4.78, 5) is 36.4. The molecular formula is C18H17ClFN3O3. The van der Waals surface area contributed by atoms with E-state index in [1.165, 1.54) is 30.9 Å². The summed E-state index contributed by atoms with van der Waals surface area (Å²) in [5.74, 6) is -1.59. The maximum atomic E-state index is 13.2. The summed E-state index contributed by atoms with van der Waals surface area (Å²) in [7, 11) is 0. The fourth-order valence-corrected chi connectivity index (χ4v) is 2.41. The molecule has 0 atom stereocenters. The topological polar surface area (TPSA) is 78.5 Å². The fraction of sp³-hybridized carbons (Fsp3) is 0.167. The molecule has 2 rings (SSSR count). The van der Waals surface area contributed by atoms with Crippen molar-refractivity contribution in [1.29, 1.82) is 0 Å². The first-order chi connectivity index (χ1) is 12.3. The molecule has 136 valence electrons. The molecule has 0 spiro atoms. The van der Waals surface area contributed by atoms with Crippen LogP contribution in [-0.2, 0) is 14.4 Å². The number of rotatable bonds is 5. The molecule has 2 N–H and O–H groups in total. The fourth-order valence-electron chi connectivity index (χ4n) is 2.23. The van der Waals surface area contributed by atoms with Crippen molar-refractivity contribution in [3.63, 3.8) is 0 Å². The van der Waals surface area contributed by atoms with Crippen molar-refractivity contribution >= 4 is 46.4 Å². The number of benzene rings is 2. The van der Waals surface area contributed by atoms with Gasteiger partial charge in [0.25, 0.3) is 0 Å². The molecule has 0 aliphatic heterocycles. The Labute approximate surface area is 154 Å². The van der Waals surface area contributed by atoms with Crippen molar-refractivity contribution in [3.8, 4) is 0 Å². The maximum Gasteiger partial charge on any atom is 0.244 e. The highest BCUT2D eigenvalue weighted by Gasteiger charge is 2.16. The number of anilines is 3. The highest BCUT2D eigenvalue weighted by molar-refractivity contribution is 6.31. The zero-order valence-corrected chi connectivity index (χ0v) is 14.9. The Hall–Kier alpha value is -2.93. The molecule has 0 bridgehead atoms. The van der Waals surface area contributed by atoms with E-state index >= 15 is 0 Å². The smallest absolute Gasteiger partial charge is 0.244 e. The summed E-state index contributed by atoms with van der Waals surface area (Å²) in [5, 5.41) is 5.07. The quantitative estimate of drug-likeness (QED) is 0.837. The van der Waals surface area contributed by atoms with Gasteiger partial charge in [-0.05, 0) is 42.5 Å². The van der Waals surface area contributed by atoms with Crippen molar-refractivity contribution in [3.05, 3.63) is 53.3 Å². The van der Waals surface area contributed by atoms with E-state index in [0.29, 0.717) is 17.1 Å². The number of carbonyl (C=O) groups excluding carboxylic acids is 3. The third-order valence-electron chi connectivity index (χ3n) is 3.38. The molecule has 0 saturated carbocycles. The van der Waals surface area contributed by atoms with Crippen LogP contribution in [0.5, 0.6) is 0 Å². The van der Waals surface area contributed by atoms with Gasteiger partial charge < -0.3 is 15.5 Å². The lowest BCUT2D eigenvalue weighted by molar-refractivity contribution is -0.120. The van der Waals surface area contributed by atoms with Crippen molar-refractivity contribution in [1.82, 2.24) is 0 Å². The van der Waals surface area contributed by atoms with E-state index in [-0.39, 0.29) is 23.4 Å². The lowest BCUT2D eigenvalue weighted by atomic mass is 10.2. The SMILES string of the molecule is CC(=O)Nc1ccc(N(CC(=O)Nc2ccc(F)c(Cl)c2)C(C)=O)cc1. The molecule has 0 radical (unpaired) electrons. The molecule has 2 aromatic carbocycles. The predicted molar refractivity (Wildman–Crippen MR) is 98.8 cm³/mol. The highest BCUT2D eigenvalue weighted by atomic mass is 35.5. The average Bonchev–Trinajstić information content (AvgIpc) is 2.56. The van der Waals surface area contributed by atoms with Crippen LogP contribution in [0.4, 0.5) is 21.5 Å². The van der Waals surface area contributed by atoms with Gasteiger partial charge in [0.05, 0.1) is 5.02 Å². The third kappa shape index (κ3) is 5.29. The average molecular weight is 378 g/mol. The first-order valence-corrected chi connectivity index (χ1v) is 8.04. The summed E-state index contributed by atoms with van der Waals surface area (Å²) in [5.41, 5.74) is 1.40. The molecule has 6 nitrogen and oxygen atoms in total. The lowest BCUT2D eigenvalue weighted by Gasteiger charge is -2.21. The van der Waals surface area contributed by atoms with Crippen LogP contribution >= 0.6 is 11.6 Å². The van der Waals surface area contributed by atoms with Gasteiger partial charge in [-0.25, -0.2) is 4.39 Å². The number of amides is 3. The molecule has 0 aromatic heterocycles. The van der Waals surface area contributed by atoms with Crippen LogP contribution in [0.1, 0.15) is 13.8 Å². The van der Waals surface area contributed by atoms with Crippen LogP contribution in [0, 0.1) is 5.82 Å². The van der Waals surface area contributed by atoms with Gasteiger partial charge >= 0.3 is 0 Å². The second kappa shape index (κ2) is 8.44. The van der Waals surface area contributed by atoms with Crippen molar-refractivity contribution in [2.24, 2.45) is 0 Å². The van der Waals surface area contributed by atoms with Crippen LogP contribution in [0.25, 0.3) is 0 Å². The summed E-state index contributed by atoms with van der Waals surface area (Å²) >= 11 is 5.68. The zero-order valence-electron chi connectivity index (χ0n) is 14.2. The molecular weight excluding hydrogens is 361 g/mol. The lowest BCUT2D eigenvalue weighted by Crippen LogP contribution is -2.36. The first-order valence-electron chi connectivity index (χ1n) is 7.67. The van der Waals surface area contributed by atoms with Gasteiger partial charge in [0.15, 0.2) is 0 Å². The molecule has 8 heteroatoms. The molecule has 0 unspecified atom stereocenters. The van der Waals surface area contributed by atoms with Gasteiger partial charge in [0.1, 0.15) is 12.4 Å². The van der Waals surface area contributed by atoms with Crippen molar-refractivity contribution in [2.75, 3.05) is 22.1 Å². The number of hydrogen-bond donors (Lipinski definition) is 2. The van der Waals surface area contributed by atoms with E-state index in [2.05, 4.69) is 10.6 Å². The Balaban J connectivity index is 2.09. The summed E-state index contributed by atoms with van der Waals surface area (Å²) in [6.45, 7) is 2.50. The molecule has 0 aliphatic carbocycles. The van der Waals surface area contributed by atoms with Gasteiger partial charge in [-0.2, -0.15) is 0 Å². The van der Waals surface area contributed by atoms with Gasteiger partial charge in [-0.15, -0.1) is 0 Å². The summed E-state index contributed by atoms with van der Waals surface area (Å²) in [6, 6.07) is 10.3. The Morgan fingerprint density at radius 3 is 2.15 bits per heavy atom. The zero-order chi connectivity index (χ0) is 19.3. The minimum atomic E-state index is -0.589. The van der Waals surface area contributed by atoms with E-state index < -0.39 is 11.7 Å². The second-order valence-corrected chi connectivity index (χ2v) is 5.92. The van der Waals surface area contributed by atoms with E-state index in [9.17, 15) is 18.8 Å². The minimum absolute atomic E-state index is 0.111. The summed E-state index contributed by atoms with van der Waals surface area (Å²) < 4.78 is 13.2. The maximum absolute atomic E-state index is 13.2. The molecule has 3 amide bonds. The van der Waals surface area contributed by atoms with Gasteiger partial charge in [0.2, 0.25) is 17.7 Å². The summed E-state index contributed by atoms with van der Waals surface area (Å²) in [6.07, 6.45) is 0. The Morgan fingerprint density at radius 2 is 1.62 bits per heavy atom. The Kier molecular flexibility index (Phi) is 6.30. The number of nitrogens with one attached hydrogen (secondary N) is 2. The Morgan fingerprint density at radius 1 is 1.00 bits per heavy atom. The molecule has 0 aliphatic rings. The predicted octanol–water partition coefficient (Wildman–Crippen LogP) is 3.43. The molecule has 26 heavy (non-hydrogen) atoms. The van der Waals surface area contributed by atoms with Crippen molar-refractivity contribution < 1.29 is 18.8 Å². The molecule has 0 fully saturated rings. The van der Waals surface area contributed by atoms with E-state index in [1.54, 1.807) is 24.3 Å². The largest absolute Gasteiger partial charge is 0.326 e. The van der Waals surface area contributed by atoms with Gasteiger partial charge in [-0.1, -0.05) is 11.6 Å². The molecule has 2 aromatic rings. The Bertz CT molecular complexity index is 840. The number of carbonyl (C=O) groups is 3. The molecule has 0 heterocycles. The highest BCUT2D eigenvalue weighted by Crippen LogP contribution is 2.21. The standard InChI is InChI=1S/C18H17ClFN3O3/c1-11(24)21-13-3-6-15(7-4-13)23(12(2)25)10-18(26)22-14-5-8-17(20)16(19)9-14/h3-9H,10H2,1-2H3,(H,21,24)(H,22,26). The van der Waals surface area contributed by atoms with Crippen LogP contribution in [0.3, 0.4) is 0 Å². The normalized spacial score (nSPS) is 10.2. The second-order valence-electron chi connectivity index (χ2n) is 5.51. The molecule has 0 saturated heterocycles. The number of nitrogens with zero attached hydrogens (tertiary/aromatic N) is 1. The van der Waals surface area contributed by atoms with Crippen LogP contribution < -0.4 is 15.5 Å². The van der Waals surface area contributed by atoms with Gasteiger partial charge in [0, 0.05) is 30.9 Å². The van der Waals surface area contributed by atoms with Crippen molar-refractivity contribution in [2.45, 2.75) is 13.8 Å².